The van der Waals surface area contributed by atoms with Gasteiger partial charge in [0.15, 0.2) is 0 Å². The van der Waals surface area contributed by atoms with Gasteiger partial charge in [-0.25, -0.2) is 0 Å². The Labute approximate surface area is 127 Å². The van der Waals surface area contributed by atoms with Gasteiger partial charge >= 0.3 is 0 Å². The smallest absolute Gasteiger partial charge is 0.0594 e. The third-order valence-electron chi connectivity index (χ3n) is 3.56. The SMILES string of the molecule is CCCNC(c1cc(C)ccc1C)c1ccccc1Cl. The molecule has 0 radical (unpaired) electrons. The zero-order valence-corrected chi connectivity index (χ0v) is 13.2. The van der Waals surface area contributed by atoms with Gasteiger partial charge in [0.05, 0.1) is 6.04 Å². The summed E-state index contributed by atoms with van der Waals surface area (Å²) in [5, 5.41) is 4.45. The Morgan fingerprint density at radius 2 is 1.80 bits per heavy atom. The molecule has 1 nitrogen and oxygen atoms in total. The fourth-order valence-electron chi connectivity index (χ4n) is 2.46. The van der Waals surface area contributed by atoms with Gasteiger partial charge in [-0.3, -0.25) is 0 Å². The van der Waals surface area contributed by atoms with Crippen LogP contribution in [-0.4, -0.2) is 6.54 Å². The van der Waals surface area contributed by atoms with Crippen LogP contribution in [0.1, 0.15) is 41.6 Å². The van der Waals surface area contributed by atoms with Crippen LogP contribution in [0.5, 0.6) is 0 Å². The van der Waals surface area contributed by atoms with E-state index < -0.39 is 0 Å². The number of hydrogen-bond acceptors (Lipinski definition) is 1. The van der Waals surface area contributed by atoms with Gasteiger partial charge in [-0.05, 0) is 49.6 Å². The summed E-state index contributed by atoms with van der Waals surface area (Å²) >= 11 is 6.40. The van der Waals surface area contributed by atoms with Crippen molar-refractivity contribution in [3.8, 4) is 0 Å². The highest BCUT2D eigenvalue weighted by Gasteiger charge is 2.17. The van der Waals surface area contributed by atoms with Crippen molar-refractivity contribution >= 4 is 11.6 Å². The van der Waals surface area contributed by atoms with Gasteiger partial charge in [0, 0.05) is 5.02 Å². The second kappa shape index (κ2) is 6.92. The molecule has 0 aromatic heterocycles. The molecular formula is C18H22ClN. The Kier molecular flexibility index (Phi) is 5.22. The minimum absolute atomic E-state index is 0.156. The summed E-state index contributed by atoms with van der Waals surface area (Å²) in [4.78, 5) is 0. The van der Waals surface area contributed by atoms with Gasteiger partial charge in [0.25, 0.3) is 0 Å². The van der Waals surface area contributed by atoms with Crippen molar-refractivity contribution in [2.75, 3.05) is 6.54 Å². The first-order chi connectivity index (χ1) is 9.63. The summed E-state index contributed by atoms with van der Waals surface area (Å²) in [6.07, 6.45) is 1.10. The highest BCUT2D eigenvalue weighted by molar-refractivity contribution is 6.31. The van der Waals surface area contributed by atoms with Crippen LogP contribution < -0.4 is 5.32 Å². The average Bonchev–Trinajstić information content (AvgIpc) is 2.44. The van der Waals surface area contributed by atoms with E-state index in [2.05, 4.69) is 50.4 Å². The summed E-state index contributed by atoms with van der Waals surface area (Å²) in [5.74, 6) is 0. The average molecular weight is 288 g/mol. The number of rotatable bonds is 5. The van der Waals surface area contributed by atoms with Crippen LogP contribution in [-0.2, 0) is 0 Å². The van der Waals surface area contributed by atoms with Crippen molar-refractivity contribution in [3.63, 3.8) is 0 Å². The monoisotopic (exact) mass is 287 g/mol. The molecule has 2 aromatic carbocycles. The third-order valence-corrected chi connectivity index (χ3v) is 3.90. The lowest BCUT2D eigenvalue weighted by atomic mass is 9.93. The topological polar surface area (TPSA) is 12.0 Å². The van der Waals surface area contributed by atoms with E-state index >= 15 is 0 Å². The number of hydrogen-bond donors (Lipinski definition) is 1. The number of nitrogens with one attached hydrogen (secondary N) is 1. The summed E-state index contributed by atoms with van der Waals surface area (Å²) in [6, 6.07) is 14.8. The molecule has 1 atom stereocenters. The summed E-state index contributed by atoms with van der Waals surface area (Å²) < 4.78 is 0. The lowest BCUT2D eigenvalue weighted by Gasteiger charge is -2.23. The molecule has 106 valence electrons. The highest BCUT2D eigenvalue weighted by Crippen LogP contribution is 2.30. The maximum absolute atomic E-state index is 6.40. The van der Waals surface area contributed by atoms with E-state index in [0.717, 1.165) is 23.6 Å². The number of halogens is 1. The fraction of sp³-hybridized carbons (Fsp3) is 0.333. The van der Waals surface area contributed by atoms with Gasteiger partial charge in [-0.2, -0.15) is 0 Å². The van der Waals surface area contributed by atoms with Gasteiger partial charge in [-0.1, -0.05) is 60.5 Å². The van der Waals surface area contributed by atoms with Crippen LogP contribution in [0.4, 0.5) is 0 Å². The van der Waals surface area contributed by atoms with Crippen molar-refractivity contribution in [2.24, 2.45) is 0 Å². The van der Waals surface area contributed by atoms with E-state index in [1.807, 2.05) is 18.2 Å². The normalized spacial score (nSPS) is 12.4. The van der Waals surface area contributed by atoms with Crippen molar-refractivity contribution in [3.05, 3.63) is 69.7 Å². The minimum atomic E-state index is 0.156. The Morgan fingerprint density at radius 3 is 2.50 bits per heavy atom. The first kappa shape index (κ1) is 15.1. The van der Waals surface area contributed by atoms with E-state index in [1.165, 1.54) is 16.7 Å². The Morgan fingerprint density at radius 1 is 1.05 bits per heavy atom. The molecule has 0 aliphatic rings. The van der Waals surface area contributed by atoms with Gasteiger partial charge in [-0.15, -0.1) is 0 Å². The first-order valence-electron chi connectivity index (χ1n) is 7.18. The molecular weight excluding hydrogens is 266 g/mol. The molecule has 1 N–H and O–H groups in total. The van der Waals surface area contributed by atoms with Crippen molar-refractivity contribution < 1.29 is 0 Å². The number of benzene rings is 2. The van der Waals surface area contributed by atoms with Gasteiger partial charge in [0.1, 0.15) is 0 Å². The molecule has 0 spiro atoms. The van der Waals surface area contributed by atoms with Gasteiger partial charge in [0.2, 0.25) is 0 Å². The van der Waals surface area contributed by atoms with E-state index in [-0.39, 0.29) is 6.04 Å². The maximum Gasteiger partial charge on any atom is 0.0594 e. The third kappa shape index (κ3) is 3.41. The maximum atomic E-state index is 6.40. The fourth-order valence-corrected chi connectivity index (χ4v) is 2.70. The van der Waals surface area contributed by atoms with E-state index in [1.54, 1.807) is 0 Å². The number of aryl methyl sites for hydroxylation is 2. The molecule has 1 unspecified atom stereocenters. The quantitative estimate of drug-likeness (QED) is 0.812. The first-order valence-corrected chi connectivity index (χ1v) is 7.56. The Hall–Kier alpha value is -1.31. The zero-order chi connectivity index (χ0) is 14.5. The predicted octanol–water partition coefficient (Wildman–Crippen LogP) is 5.05. The van der Waals surface area contributed by atoms with E-state index in [4.69, 9.17) is 11.6 Å². The second-order valence-corrected chi connectivity index (χ2v) is 5.68. The van der Waals surface area contributed by atoms with Crippen molar-refractivity contribution in [1.29, 1.82) is 0 Å². The summed E-state index contributed by atoms with van der Waals surface area (Å²) in [7, 11) is 0. The molecule has 0 fully saturated rings. The molecule has 0 bridgehead atoms. The molecule has 0 aliphatic heterocycles. The lowest BCUT2D eigenvalue weighted by Crippen LogP contribution is -2.24. The summed E-state index contributed by atoms with van der Waals surface area (Å²) in [6.45, 7) is 7.45. The molecule has 2 aromatic rings. The van der Waals surface area contributed by atoms with E-state index in [9.17, 15) is 0 Å². The van der Waals surface area contributed by atoms with E-state index in [0.29, 0.717) is 0 Å². The van der Waals surface area contributed by atoms with Crippen LogP contribution in [0, 0.1) is 13.8 Å². The van der Waals surface area contributed by atoms with Crippen molar-refractivity contribution in [1.82, 2.24) is 5.32 Å². The molecule has 20 heavy (non-hydrogen) atoms. The molecule has 0 amide bonds. The molecule has 2 heteroatoms. The molecule has 0 aliphatic carbocycles. The Balaban J connectivity index is 2.47. The predicted molar refractivity (Wildman–Crippen MR) is 87.5 cm³/mol. The van der Waals surface area contributed by atoms with Crippen LogP contribution in [0.15, 0.2) is 42.5 Å². The zero-order valence-electron chi connectivity index (χ0n) is 12.4. The molecule has 0 heterocycles. The molecule has 0 saturated heterocycles. The second-order valence-electron chi connectivity index (χ2n) is 5.27. The largest absolute Gasteiger partial charge is 0.306 e. The Bertz CT molecular complexity index is 577. The lowest BCUT2D eigenvalue weighted by molar-refractivity contribution is 0.596. The molecule has 2 rings (SSSR count). The van der Waals surface area contributed by atoms with Gasteiger partial charge < -0.3 is 5.32 Å². The highest BCUT2D eigenvalue weighted by atomic mass is 35.5. The summed E-state index contributed by atoms with van der Waals surface area (Å²) in [5.41, 5.74) is 5.04. The van der Waals surface area contributed by atoms with Crippen LogP contribution in [0.25, 0.3) is 0 Å². The van der Waals surface area contributed by atoms with Crippen molar-refractivity contribution in [2.45, 2.75) is 33.2 Å². The minimum Gasteiger partial charge on any atom is -0.306 e. The van der Waals surface area contributed by atoms with Crippen LogP contribution >= 0.6 is 11.6 Å². The molecule has 0 saturated carbocycles. The van der Waals surface area contributed by atoms with Crippen LogP contribution in [0.2, 0.25) is 5.02 Å². The standard InChI is InChI=1S/C18H22ClN/c1-4-11-20-18(15-7-5-6-8-17(15)19)16-12-13(2)9-10-14(16)3/h5-10,12,18,20H,4,11H2,1-3H3. The van der Waals surface area contributed by atoms with Crippen LogP contribution in [0.3, 0.4) is 0 Å².